The highest BCUT2D eigenvalue weighted by molar-refractivity contribution is 5.78. The Balaban J connectivity index is 2.14. The van der Waals surface area contributed by atoms with Crippen molar-refractivity contribution in [3.8, 4) is 0 Å². The molecular formula is C13H17N3O. The molecule has 90 valence electrons. The summed E-state index contributed by atoms with van der Waals surface area (Å²) in [6, 6.07) is 7.82. The summed E-state index contributed by atoms with van der Waals surface area (Å²) in [6.45, 7) is 4.19. The van der Waals surface area contributed by atoms with Gasteiger partial charge in [-0.1, -0.05) is 25.1 Å². The Kier molecular flexibility index (Phi) is 3.24. The van der Waals surface area contributed by atoms with Crippen molar-refractivity contribution in [1.29, 1.82) is 0 Å². The third-order valence-corrected chi connectivity index (χ3v) is 2.88. The van der Waals surface area contributed by atoms with E-state index < -0.39 is 5.60 Å². The predicted molar refractivity (Wildman–Crippen MR) is 68.9 cm³/mol. The maximum absolute atomic E-state index is 9.88. The van der Waals surface area contributed by atoms with Gasteiger partial charge in [0.2, 0.25) is 5.95 Å². The van der Waals surface area contributed by atoms with Gasteiger partial charge in [0.15, 0.2) is 0 Å². The van der Waals surface area contributed by atoms with Crippen molar-refractivity contribution in [3.63, 3.8) is 0 Å². The third-order valence-electron chi connectivity index (χ3n) is 2.88. The summed E-state index contributed by atoms with van der Waals surface area (Å²) in [6.07, 6.45) is 2.47. The van der Waals surface area contributed by atoms with Gasteiger partial charge in [0.05, 0.1) is 11.1 Å². The molecule has 4 nitrogen and oxygen atoms in total. The van der Waals surface area contributed by atoms with Crippen molar-refractivity contribution in [3.05, 3.63) is 30.5 Å². The minimum atomic E-state index is -0.727. The molecule has 2 aromatic rings. The maximum atomic E-state index is 9.88. The molecule has 1 unspecified atom stereocenters. The van der Waals surface area contributed by atoms with Gasteiger partial charge in [-0.05, 0) is 19.4 Å². The summed E-state index contributed by atoms with van der Waals surface area (Å²) in [7, 11) is 0. The molecule has 1 heterocycles. The zero-order valence-electron chi connectivity index (χ0n) is 10.1. The Morgan fingerprint density at radius 3 is 2.88 bits per heavy atom. The number of aromatic nitrogens is 2. The van der Waals surface area contributed by atoms with Gasteiger partial charge in [0.1, 0.15) is 0 Å². The molecule has 0 aliphatic rings. The molecule has 0 saturated heterocycles. The molecule has 0 spiro atoms. The van der Waals surface area contributed by atoms with Crippen LogP contribution in [0.2, 0.25) is 0 Å². The number of anilines is 1. The first-order chi connectivity index (χ1) is 8.11. The highest BCUT2D eigenvalue weighted by atomic mass is 16.3. The van der Waals surface area contributed by atoms with Gasteiger partial charge in [-0.2, -0.15) is 0 Å². The minimum absolute atomic E-state index is 0.446. The first-order valence-electron chi connectivity index (χ1n) is 5.79. The first kappa shape index (κ1) is 11.8. The molecule has 2 rings (SSSR count). The minimum Gasteiger partial charge on any atom is -0.388 e. The van der Waals surface area contributed by atoms with Gasteiger partial charge in [0.25, 0.3) is 0 Å². The van der Waals surface area contributed by atoms with Crippen molar-refractivity contribution < 1.29 is 5.11 Å². The molecule has 0 saturated carbocycles. The van der Waals surface area contributed by atoms with Gasteiger partial charge in [-0.25, -0.2) is 9.97 Å². The number of para-hydroxylation sites is 1. The van der Waals surface area contributed by atoms with Crippen LogP contribution in [0.25, 0.3) is 10.9 Å². The highest BCUT2D eigenvalue weighted by Gasteiger charge is 2.17. The quantitative estimate of drug-likeness (QED) is 0.847. The molecule has 0 fully saturated rings. The van der Waals surface area contributed by atoms with Gasteiger partial charge in [-0.15, -0.1) is 0 Å². The van der Waals surface area contributed by atoms with Crippen LogP contribution in [0.15, 0.2) is 30.5 Å². The van der Waals surface area contributed by atoms with E-state index in [1.165, 1.54) is 0 Å². The SMILES string of the molecule is CCC(C)(O)CNc1ncc2ccccc2n1. The van der Waals surface area contributed by atoms with E-state index in [4.69, 9.17) is 0 Å². The Bertz CT molecular complexity index is 511. The molecule has 1 aromatic carbocycles. The lowest BCUT2D eigenvalue weighted by molar-refractivity contribution is 0.0696. The smallest absolute Gasteiger partial charge is 0.223 e. The maximum Gasteiger partial charge on any atom is 0.223 e. The summed E-state index contributed by atoms with van der Waals surface area (Å²) in [5.41, 5.74) is 0.177. The van der Waals surface area contributed by atoms with Crippen LogP contribution in [0, 0.1) is 0 Å². The van der Waals surface area contributed by atoms with E-state index in [0.717, 1.165) is 10.9 Å². The molecule has 0 radical (unpaired) electrons. The van der Waals surface area contributed by atoms with Gasteiger partial charge in [-0.3, -0.25) is 0 Å². The molecule has 1 aromatic heterocycles. The molecule has 4 heteroatoms. The summed E-state index contributed by atoms with van der Waals surface area (Å²) >= 11 is 0. The number of rotatable bonds is 4. The summed E-state index contributed by atoms with van der Waals surface area (Å²) < 4.78 is 0. The van der Waals surface area contributed by atoms with E-state index in [2.05, 4.69) is 15.3 Å². The zero-order chi connectivity index (χ0) is 12.3. The van der Waals surface area contributed by atoms with Crippen LogP contribution in [0.5, 0.6) is 0 Å². The molecule has 17 heavy (non-hydrogen) atoms. The van der Waals surface area contributed by atoms with E-state index >= 15 is 0 Å². The summed E-state index contributed by atoms with van der Waals surface area (Å²) in [4.78, 5) is 8.59. The highest BCUT2D eigenvalue weighted by Crippen LogP contribution is 2.13. The van der Waals surface area contributed by atoms with Crippen molar-refractivity contribution in [2.75, 3.05) is 11.9 Å². The summed E-state index contributed by atoms with van der Waals surface area (Å²) in [5.74, 6) is 0.553. The number of hydrogen-bond acceptors (Lipinski definition) is 4. The fourth-order valence-corrected chi connectivity index (χ4v) is 1.45. The number of fused-ring (bicyclic) bond motifs is 1. The standard InChI is InChI=1S/C13H17N3O/c1-3-13(2,17)9-15-12-14-8-10-6-4-5-7-11(10)16-12/h4-8,17H,3,9H2,1-2H3,(H,14,15,16). The van der Waals surface area contributed by atoms with E-state index in [1.807, 2.05) is 31.2 Å². The molecular weight excluding hydrogens is 214 g/mol. The second-order valence-corrected chi connectivity index (χ2v) is 4.46. The van der Waals surface area contributed by atoms with E-state index in [9.17, 15) is 5.11 Å². The van der Waals surface area contributed by atoms with E-state index in [1.54, 1.807) is 13.1 Å². The lowest BCUT2D eigenvalue weighted by atomic mass is 10.0. The van der Waals surface area contributed by atoms with Crippen LogP contribution in [-0.4, -0.2) is 27.2 Å². The fraction of sp³-hybridized carbons (Fsp3) is 0.385. The van der Waals surface area contributed by atoms with Crippen LogP contribution in [0.4, 0.5) is 5.95 Å². The Morgan fingerprint density at radius 1 is 1.35 bits per heavy atom. The van der Waals surface area contributed by atoms with Crippen molar-refractivity contribution in [2.24, 2.45) is 0 Å². The third kappa shape index (κ3) is 2.91. The van der Waals surface area contributed by atoms with Crippen LogP contribution < -0.4 is 5.32 Å². The number of nitrogens with one attached hydrogen (secondary N) is 1. The monoisotopic (exact) mass is 231 g/mol. The molecule has 0 aliphatic carbocycles. The number of benzene rings is 1. The number of nitrogens with zero attached hydrogens (tertiary/aromatic N) is 2. The van der Waals surface area contributed by atoms with Gasteiger partial charge < -0.3 is 10.4 Å². The van der Waals surface area contributed by atoms with Crippen LogP contribution in [-0.2, 0) is 0 Å². The van der Waals surface area contributed by atoms with E-state index in [0.29, 0.717) is 18.9 Å². The largest absolute Gasteiger partial charge is 0.388 e. The molecule has 0 aliphatic heterocycles. The Morgan fingerprint density at radius 2 is 2.12 bits per heavy atom. The van der Waals surface area contributed by atoms with Gasteiger partial charge in [0, 0.05) is 18.1 Å². The number of hydrogen-bond donors (Lipinski definition) is 2. The Labute approximate surface area is 101 Å². The Hall–Kier alpha value is -1.68. The van der Waals surface area contributed by atoms with E-state index in [-0.39, 0.29) is 0 Å². The topological polar surface area (TPSA) is 58.0 Å². The number of aliphatic hydroxyl groups is 1. The lowest BCUT2D eigenvalue weighted by Gasteiger charge is -2.21. The van der Waals surface area contributed by atoms with Crippen LogP contribution >= 0.6 is 0 Å². The van der Waals surface area contributed by atoms with Crippen LogP contribution in [0.1, 0.15) is 20.3 Å². The average Bonchev–Trinajstić information content (AvgIpc) is 2.36. The normalized spacial score (nSPS) is 14.5. The molecule has 1 atom stereocenters. The van der Waals surface area contributed by atoms with Crippen molar-refractivity contribution >= 4 is 16.9 Å². The predicted octanol–water partition coefficient (Wildman–Crippen LogP) is 2.20. The summed E-state index contributed by atoms with van der Waals surface area (Å²) in [5, 5.41) is 13.9. The zero-order valence-corrected chi connectivity index (χ0v) is 10.1. The van der Waals surface area contributed by atoms with Gasteiger partial charge >= 0.3 is 0 Å². The fourth-order valence-electron chi connectivity index (χ4n) is 1.45. The van der Waals surface area contributed by atoms with Crippen LogP contribution in [0.3, 0.4) is 0 Å². The average molecular weight is 231 g/mol. The second-order valence-electron chi connectivity index (χ2n) is 4.46. The molecule has 0 amide bonds. The second kappa shape index (κ2) is 4.67. The van der Waals surface area contributed by atoms with Crippen molar-refractivity contribution in [2.45, 2.75) is 25.9 Å². The molecule has 0 bridgehead atoms. The lowest BCUT2D eigenvalue weighted by Crippen LogP contribution is -2.32. The first-order valence-corrected chi connectivity index (χ1v) is 5.79. The molecule has 2 N–H and O–H groups in total. The van der Waals surface area contributed by atoms with Crippen molar-refractivity contribution in [1.82, 2.24) is 9.97 Å².